The first-order chi connectivity index (χ1) is 15.7. The molecule has 4 N–H and O–H groups in total. The Labute approximate surface area is 188 Å². The van der Waals surface area contributed by atoms with E-state index in [0.717, 1.165) is 22.3 Å². The summed E-state index contributed by atoms with van der Waals surface area (Å²) in [5.74, 6) is 0. The van der Waals surface area contributed by atoms with Crippen molar-refractivity contribution in [2.75, 3.05) is 11.5 Å². The Kier molecular flexibility index (Phi) is 5.19. The van der Waals surface area contributed by atoms with Crippen LogP contribution in [0.3, 0.4) is 0 Å². The monoisotopic (exact) mass is 412 g/mol. The summed E-state index contributed by atoms with van der Waals surface area (Å²) < 4.78 is 0. The zero-order valence-electron chi connectivity index (χ0n) is 17.7. The van der Waals surface area contributed by atoms with Gasteiger partial charge in [0.05, 0.1) is 11.4 Å². The Morgan fingerprint density at radius 3 is 1.31 bits per heavy atom. The molecule has 2 heteroatoms. The summed E-state index contributed by atoms with van der Waals surface area (Å²) in [7, 11) is 0. The summed E-state index contributed by atoms with van der Waals surface area (Å²) in [5, 5.41) is 0. The minimum absolute atomic E-state index is 0.605. The van der Waals surface area contributed by atoms with Gasteiger partial charge in [0.1, 0.15) is 0 Å². The molecule has 0 saturated carbocycles. The molecule has 32 heavy (non-hydrogen) atoms. The van der Waals surface area contributed by atoms with Gasteiger partial charge in [-0.1, -0.05) is 97.1 Å². The van der Waals surface area contributed by atoms with E-state index >= 15 is 0 Å². The quantitative estimate of drug-likeness (QED) is 0.300. The van der Waals surface area contributed by atoms with E-state index in [2.05, 4.69) is 97.1 Å². The summed E-state index contributed by atoms with van der Waals surface area (Å²) in [6, 6.07) is 42.0. The van der Waals surface area contributed by atoms with Crippen LogP contribution in [0.25, 0.3) is 44.5 Å². The third-order valence-electron chi connectivity index (χ3n) is 5.81. The summed E-state index contributed by atoms with van der Waals surface area (Å²) >= 11 is 0. The standard InChI is InChI=1S/C30H24N2/c31-29-17-7-16-28(30(29)32)27-15-6-14-26(20-27)25-13-5-12-24(19-25)23-11-4-10-22(18-23)21-8-2-1-3-9-21/h1-20H,31-32H2. The number of nitrogen functional groups attached to an aromatic ring is 2. The van der Waals surface area contributed by atoms with Gasteiger partial charge in [-0.25, -0.2) is 0 Å². The molecule has 0 bridgehead atoms. The average molecular weight is 413 g/mol. The van der Waals surface area contributed by atoms with Crippen molar-refractivity contribution < 1.29 is 0 Å². The lowest BCUT2D eigenvalue weighted by atomic mass is 9.94. The first kappa shape index (κ1) is 19.7. The topological polar surface area (TPSA) is 52.0 Å². The molecule has 154 valence electrons. The van der Waals surface area contributed by atoms with Crippen molar-refractivity contribution in [2.45, 2.75) is 0 Å². The van der Waals surface area contributed by atoms with Gasteiger partial charge < -0.3 is 11.5 Å². The van der Waals surface area contributed by atoms with E-state index in [9.17, 15) is 0 Å². The fourth-order valence-electron chi connectivity index (χ4n) is 4.09. The van der Waals surface area contributed by atoms with Crippen molar-refractivity contribution in [1.29, 1.82) is 0 Å². The average Bonchev–Trinajstić information content (AvgIpc) is 2.86. The fraction of sp³-hybridized carbons (Fsp3) is 0. The third-order valence-corrected chi connectivity index (χ3v) is 5.81. The number of hydrogen-bond donors (Lipinski definition) is 2. The highest BCUT2D eigenvalue weighted by Gasteiger charge is 2.08. The Hall–Kier alpha value is -4.30. The van der Waals surface area contributed by atoms with Gasteiger partial charge in [-0.15, -0.1) is 0 Å². The van der Waals surface area contributed by atoms with Crippen molar-refractivity contribution >= 4 is 11.4 Å². The summed E-state index contributed by atoms with van der Waals surface area (Å²) in [4.78, 5) is 0. The summed E-state index contributed by atoms with van der Waals surface area (Å²) in [6.45, 7) is 0. The lowest BCUT2D eigenvalue weighted by molar-refractivity contribution is 1.56. The van der Waals surface area contributed by atoms with E-state index in [1.165, 1.54) is 22.3 Å². The van der Waals surface area contributed by atoms with E-state index in [1.807, 2.05) is 24.3 Å². The second kappa shape index (κ2) is 8.44. The van der Waals surface area contributed by atoms with Gasteiger partial charge >= 0.3 is 0 Å². The molecule has 0 spiro atoms. The Bertz CT molecular complexity index is 1390. The molecule has 0 radical (unpaired) electrons. The van der Waals surface area contributed by atoms with Gasteiger partial charge in [0.25, 0.3) is 0 Å². The normalized spacial score (nSPS) is 10.8. The Morgan fingerprint density at radius 1 is 0.344 bits per heavy atom. The molecule has 2 nitrogen and oxygen atoms in total. The SMILES string of the molecule is Nc1cccc(-c2cccc(-c3cccc(-c4cccc(-c5ccccc5)c4)c3)c2)c1N. The molecule has 5 rings (SSSR count). The summed E-state index contributed by atoms with van der Waals surface area (Å²) in [5.41, 5.74) is 22.6. The minimum atomic E-state index is 0.605. The predicted molar refractivity (Wildman–Crippen MR) is 137 cm³/mol. The Morgan fingerprint density at radius 2 is 0.750 bits per heavy atom. The molecule has 0 fully saturated rings. The number of rotatable bonds is 4. The van der Waals surface area contributed by atoms with E-state index in [0.29, 0.717) is 11.4 Å². The van der Waals surface area contributed by atoms with Crippen molar-refractivity contribution in [1.82, 2.24) is 0 Å². The Balaban J connectivity index is 1.53. The highest BCUT2D eigenvalue weighted by atomic mass is 14.7. The number of anilines is 2. The number of nitrogens with two attached hydrogens (primary N) is 2. The van der Waals surface area contributed by atoms with Crippen molar-refractivity contribution in [3.63, 3.8) is 0 Å². The maximum absolute atomic E-state index is 6.24. The zero-order chi connectivity index (χ0) is 21.9. The van der Waals surface area contributed by atoms with Crippen LogP contribution in [0.1, 0.15) is 0 Å². The molecule has 0 saturated heterocycles. The number of benzene rings is 5. The van der Waals surface area contributed by atoms with Gasteiger partial charge in [0, 0.05) is 5.56 Å². The van der Waals surface area contributed by atoms with Crippen molar-refractivity contribution in [3.05, 3.63) is 121 Å². The highest BCUT2D eigenvalue weighted by molar-refractivity contribution is 5.86. The number of para-hydroxylation sites is 1. The molecule has 5 aromatic rings. The van der Waals surface area contributed by atoms with Crippen LogP contribution < -0.4 is 11.5 Å². The van der Waals surface area contributed by atoms with Gasteiger partial charge in [-0.2, -0.15) is 0 Å². The van der Waals surface area contributed by atoms with Crippen LogP contribution in [-0.4, -0.2) is 0 Å². The largest absolute Gasteiger partial charge is 0.397 e. The maximum Gasteiger partial charge on any atom is 0.0627 e. The molecule has 0 amide bonds. The first-order valence-electron chi connectivity index (χ1n) is 10.7. The van der Waals surface area contributed by atoms with E-state index in [4.69, 9.17) is 11.5 Å². The fourth-order valence-corrected chi connectivity index (χ4v) is 4.09. The van der Waals surface area contributed by atoms with E-state index < -0.39 is 0 Å². The van der Waals surface area contributed by atoms with Crippen LogP contribution in [0.2, 0.25) is 0 Å². The van der Waals surface area contributed by atoms with Gasteiger partial charge in [-0.3, -0.25) is 0 Å². The molecule has 0 aliphatic rings. The van der Waals surface area contributed by atoms with Crippen molar-refractivity contribution in [2.24, 2.45) is 0 Å². The summed E-state index contributed by atoms with van der Waals surface area (Å²) in [6.07, 6.45) is 0. The molecule has 5 aromatic carbocycles. The smallest absolute Gasteiger partial charge is 0.0627 e. The van der Waals surface area contributed by atoms with Gasteiger partial charge in [0.15, 0.2) is 0 Å². The van der Waals surface area contributed by atoms with Crippen LogP contribution in [0.15, 0.2) is 121 Å². The predicted octanol–water partition coefficient (Wildman–Crippen LogP) is 7.52. The molecule has 0 aliphatic carbocycles. The number of hydrogen-bond acceptors (Lipinski definition) is 2. The molecule has 0 heterocycles. The second-order valence-corrected chi connectivity index (χ2v) is 7.92. The molecule has 0 unspecified atom stereocenters. The molecule has 0 aliphatic heterocycles. The van der Waals surface area contributed by atoms with Crippen molar-refractivity contribution in [3.8, 4) is 44.5 Å². The van der Waals surface area contributed by atoms with Crippen LogP contribution in [0.5, 0.6) is 0 Å². The lowest BCUT2D eigenvalue weighted by Gasteiger charge is -2.11. The van der Waals surface area contributed by atoms with Gasteiger partial charge in [-0.05, 0) is 63.2 Å². The van der Waals surface area contributed by atoms with Crippen LogP contribution in [-0.2, 0) is 0 Å². The van der Waals surface area contributed by atoms with Gasteiger partial charge in [0.2, 0.25) is 0 Å². The minimum Gasteiger partial charge on any atom is -0.397 e. The third kappa shape index (κ3) is 3.86. The van der Waals surface area contributed by atoms with E-state index in [1.54, 1.807) is 0 Å². The van der Waals surface area contributed by atoms with Crippen LogP contribution in [0.4, 0.5) is 11.4 Å². The second-order valence-electron chi connectivity index (χ2n) is 7.92. The molecule has 0 atom stereocenters. The lowest BCUT2D eigenvalue weighted by Crippen LogP contribution is -1.96. The molecule has 0 aromatic heterocycles. The van der Waals surface area contributed by atoms with Crippen LogP contribution in [0, 0.1) is 0 Å². The zero-order valence-corrected chi connectivity index (χ0v) is 17.7. The van der Waals surface area contributed by atoms with Crippen LogP contribution >= 0.6 is 0 Å². The maximum atomic E-state index is 6.24. The highest BCUT2D eigenvalue weighted by Crippen LogP contribution is 2.34. The molecular formula is C30H24N2. The first-order valence-corrected chi connectivity index (χ1v) is 10.7. The van der Waals surface area contributed by atoms with E-state index in [-0.39, 0.29) is 0 Å². The molecular weight excluding hydrogens is 388 g/mol.